The molecule has 0 saturated carbocycles. The number of Topliss-reactive ketones (excluding diaryl/α,β-unsaturated/α-hetero) is 3. The summed E-state index contributed by atoms with van der Waals surface area (Å²) in [7, 11) is 0. The number of nitrogens with two attached hydrogens (primary N) is 1. The van der Waals surface area contributed by atoms with Gasteiger partial charge in [0.05, 0.1) is 17.8 Å². The Kier molecular flexibility index (Phi) is 9.79. The lowest BCUT2D eigenvalue weighted by molar-refractivity contribution is -0.161. The van der Waals surface area contributed by atoms with E-state index in [2.05, 4.69) is 10.1 Å². The van der Waals surface area contributed by atoms with Gasteiger partial charge in [-0.1, -0.05) is 5.16 Å². The molecule has 0 bridgehead atoms. The molecule has 2 aliphatic heterocycles. The molecule has 0 radical (unpaired) electrons. The van der Waals surface area contributed by atoms with Crippen molar-refractivity contribution in [2.75, 3.05) is 18.0 Å². The molecule has 3 heterocycles. The van der Waals surface area contributed by atoms with E-state index in [-0.39, 0.29) is 53.7 Å². The summed E-state index contributed by atoms with van der Waals surface area (Å²) in [5, 5.41) is 43.0. The SMILES string of the molecule is CC(C)(O/N=C(\C(=O)C[C@@H]1C(=O)N2C[C@](SCCCC(=O)C(=O)c3ccc(O)c(O)c3)(C(=O)O)S[C@H]12)c1csc(N)n1)C(=O)O. The Hall–Kier alpha value is -4.16. The van der Waals surface area contributed by atoms with E-state index >= 15 is 0 Å². The van der Waals surface area contributed by atoms with E-state index in [1.165, 1.54) is 30.2 Å². The zero-order chi connectivity index (χ0) is 33.3. The summed E-state index contributed by atoms with van der Waals surface area (Å²) >= 11 is 3.02. The van der Waals surface area contributed by atoms with Gasteiger partial charge in [-0.2, -0.15) is 0 Å². The number of hydrogen-bond donors (Lipinski definition) is 5. The van der Waals surface area contributed by atoms with Gasteiger partial charge in [-0.05, 0) is 44.2 Å². The van der Waals surface area contributed by atoms with Crippen molar-refractivity contribution < 1.29 is 54.0 Å². The van der Waals surface area contributed by atoms with Crippen LogP contribution in [0.25, 0.3) is 0 Å². The number of phenols is 2. The smallest absolute Gasteiger partial charge is 0.350 e. The summed E-state index contributed by atoms with van der Waals surface area (Å²) < 4.78 is -1.48. The fraction of sp³-hybridized carbons (Fsp3) is 0.407. The molecular formula is C27H28N4O11S3. The number of thiazole rings is 1. The molecular weight excluding hydrogens is 653 g/mol. The third-order valence-electron chi connectivity index (χ3n) is 6.96. The number of aliphatic carboxylic acids is 2. The first-order chi connectivity index (χ1) is 21.1. The third kappa shape index (κ3) is 7.07. The van der Waals surface area contributed by atoms with Crippen LogP contribution in [0.2, 0.25) is 0 Å². The standard InChI is InChI=1S/C27H28N4O11S3/c1-26(2,23(38)39)42-30-19(14-10-43-25(28)29-14)18(35)9-13-21(37)31-11-27(24(40)41,45-22(13)31)44-7-3-4-16(33)20(36)12-5-6-15(32)17(34)8-12/h5-6,8,10,13,22,32,34H,3-4,7,9,11H2,1-2H3,(H2,28,29)(H,38,39)(H,40,41)/b30-19-/t13-,22-,27-/m1/s1. The van der Waals surface area contributed by atoms with Crippen LogP contribution in [0, 0.1) is 5.92 Å². The zero-order valence-electron chi connectivity index (χ0n) is 23.8. The molecule has 0 spiro atoms. The number of fused-ring (bicyclic) bond motifs is 1. The molecule has 1 amide bonds. The molecule has 3 atom stereocenters. The number of β-lactam (4-membered cyclic amide) rings is 1. The van der Waals surface area contributed by atoms with E-state index < -0.39 is 67.7 Å². The van der Waals surface area contributed by atoms with Crippen molar-refractivity contribution in [2.45, 2.75) is 48.2 Å². The minimum absolute atomic E-state index is 0.0390. The van der Waals surface area contributed by atoms with Crippen molar-refractivity contribution >= 4 is 80.9 Å². The molecule has 240 valence electrons. The molecule has 2 aliphatic rings. The zero-order valence-corrected chi connectivity index (χ0v) is 26.2. The maximum Gasteiger partial charge on any atom is 0.350 e. The Morgan fingerprint density at radius 2 is 1.89 bits per heavy atom. The van der Waals surface area contributed by atoms with Crippen LogP contribution >= 0.6 is 34.9 Å². The minimum Gasteiger partial charge on any atom is -0.504 e. The Morgan fingerprint density at radius 1 is 1.18 bits per heavy atom. The second-order valence-electron chi connectivity index (χ2n) is 10.6. The monoisotopic (exact) mass is 680 g/mol. The number of amides is 1. The third-order valence-corrected chi connectivity index (χ3v) is 11.0. The highest BCUT2D eigenvalue weighted by molar-refractivity contribution is 8.19. The minimum atomic E-state index is -1.78. The largest absolute Gasteiger partial charge is 0.504 e. The number of ketones is 3. The summed E-state index contributed by atoms with van der Waals surface area (Å²) in [5.74, 6) is -6.97. The molecule has 1 aromatic carbocycles. The molecule has 45 heavy (non-hydrogen) atoms. The molecule has 18 heteroatoms. The number of oxime groups is 1. The molecule has 0 unspecified atom stereocenters. The van der Waals surface area contributed by atoms with E-state index in [0.29, 0.717) is 0 Å². The first kappa shape index (κ1) is 33.7. The molecule has 4 rings (SSSR count). The number of nitrogens with zero attached hydrogens (tertiary/aromatic N) is 3. The normalized spacial score (nSPS) is 21.2. The number of hydrogen-bond acceptors (Lipinski definition) is 15. The number of carbonyl (C=O) groups is 6. The number of rotatable bonds is 15. The van der Waals surface area contributed by atoms with E-state index in [9.17, 15) is 49.2 Å². The first-order valence-electron chi connectivity index (χ1n) is 13.3. The van der Waals surface area contributed by atoms with Gasteiger partial charge < -0.3 is 35.9 Å². The molecule has 2 saturated heterocycles. The number of thioether (sulfide) groups is 2. The maximum atomic E-state index is 13.3. The Balaban J connectivity index is 1.38. The van der Waals surface area contributed by atoms with Crippen LogP contribution in [-0.4, -0.2) is 98.6 Å². The number of carboxylic acid groups (broad SMARTS) is 2. The lowest BCUT2D eigenvalue weighted by Gasteiger charge is -2.41. The number of carbonyl (C=O) groups excluding carboxylic acids is 4. The van der Waals surface area contributed by atoms with Crippen molar-refractivity contribution in [3.63, 3.8) is 0 Å². The number of aromatic nitrogens is 1. The summed E-state index contributed by atoms with van der Waals surface area (Å²) in [6, 6.07) is 3.26. The molecule has 2 fully saturated rings. The lowest BCUT2D eigenvalue weighted by atomic mass is 9.90. The van der Waals surface area contributed by atoms with Crippen LogP contribution in [-0.2, 0) is 28.8 Å². The molecule has 15 nitrogen and oxygen atoms in total. The molecule has 1 aromatic heterocycles. The fourth-order valence-corrected chi connectivity index (χ4v) is 8.08. The lowest BCUT2D eigenvalue weighted by Crippen LogP contribution is -2.57. The van der Waals surface area contributed by atoms with Crippen LogP contribution in [0.5, 0.6) is 11.5 Å². The average Bonchev–Trinajstić information content (AvgIpc) is 3.57. The van der Waals surface area contributed by atoms with Crippen molar-refractivity contribution in [1.29, 1.82) is 0 Å². The van der Waals surface area contributed by atoms with Gasteiger partial charge in [0.1, 0.15) is 5.69 Å². The van der Waals surface area contributed by atoms with Gasteiger partial charge in [-0.15, -0.1) is 34.9 Å². The van der Waals surface area contributed by atoms with E-state index in [1.54, 1.807) is 0 Å². The molecule has 0 aliphatic carbocycles. The maximum absolute atomic E-state index is 13.3. The highest BCUT2D eigenvalue weighted by Gasteiger charge is 2.62. The number of benzene rings is 1. The number of anilines is 1. The second kappa shape index (κ2) is 13.1. The summed E-state index contributed by atoms with van der Waals surface area (Å²) in [6.07, 6.45) is -0.413. The van der Waals surface area contributed by atoms with Gasteiger partial charge in [-0.3, -0.25) is 19.2 Å². The van der Waals surface area contributed by atoms with E-state index in [4.69, 9.17) is 10.6 Å². The van der Waals surface area contributed by atoms with Gasteiger partial charge in [0.15, 0.2) is 32.2 Å². The molecule has 6 N–H and O–H groups in total. The van der Waals surface area contributed by atoms with Crippen LogP contribution in [0.4, 0.5) is 5.13 Å². The summed E-state index contributed by atoms with van der Waals surface area (Å²) in [5.41, 5.74) is 3.53. The van der Waals surface area contributed by atoms with Gasteiger partial charge in [0.25, 0.3) is 0 Å². The van der Waals surface area contributed by atoms with Gasteiger partial charge in [0, 0.05) is 23.8 Å². The quantitative estimate of drug-likeness (QED) is 0.0343. The highest BCUT2D eigenvalue weighted by Crippen LogP contribution is 2.55. The predicted molar refractivity (Wildman–Crippen MR) is 163 cm³/mol. The van der Waals surface area contributed by atoms with Crippen LogP contribution < -0.4 is 5.73 Å². The fourth-order valence-electron chi connectivity index (χ4n) is 4.35. The van der Waals surface area contributed by atoms with Crippen LogP contribution in [0.3, 0.4) is 0 Å². The Labute approximate surface area is 267 Å². The van der Waals surface area contributed by atoms with E-state index in [0.717, 1.165) is 47.0 Å². The van der Waals surface area contributed by atoms with Crippen molar-refractivity contribution in [1.82, 2.24) is 9.88 Å². The number of nitrogen functional groups attached to an aromatic ring is 1. The number of aromatic hydroxyl groups is 2. The summed E-state index contributed by atoms with van der Waals surface area (Å²) in [4.78, 5) is 85.4. The Bertz CT molecular complexity index is 1610. The number of phenolic OH excluding ortho intramolecular Hbond substituents is 2. The predicted octanol–water partition coefficient (Wildman–Crippen LogP) is 1.96. The van der Waals surface area contributed by atoms with Gasteiger partial charge in [-0.25, -0.2) is 14.6 Å². The second-order valence-corrected chi connectivity index (χ2v) is 14.5. The highest BCUT2D eigenvalue weighted by atomic mass is 32.2. The number of carboxylic acids is 2. The van der Waals surface area contributed by atoms with Crippen molar-refractivity contribution in [3.05, 3.63) is 34.8 Å². The summed E-state index contributed by atoms with van der Waals surface area (Å²) in [6.45, 7) is 2.32. The van der Waals surface area contributed by atoms with Crippen LogP contribution in [0.15, 0.2) is 28.7 Å². The first-order valence-corrected chi connectivity index (χ1v) is 16.0. The van der Waals surface area contributed by atoms with Crippen molar-refractivity contribution in [2.24, 2.45) is 11.1 Å². The van der Waals surface area contributed by atoms with E-state index in [1.807, 2.05) is 0 Å². The van der Waals surface area contributed by atoms with Crippen molar-refractivity contribution in [3.8, 4) is 11.5 Å². The van der Waals surface area contributed by atoms with Crippen LogP contribution in [0.1, 0.15) is 49.2 Å². The average molecular weight is 681 g/mol. The Morgan fingerprint density at radius 3 is 2.49 bits per heavy atom. The molecule has 2 aromatic rings. The van der Waals surface area contributed by atoms with Gasteiger partial charge >= 0.3 is 11.9 Å². The topological polar surface area (TPSA) is 247 Å². The van der Waals surface area contributed by atoms with Gasteiger partial charge in [0.2, 0.25) is 23.1 Å².